The Kier molecular flexibility index (Phi) is 3.81. The first-order chi connectivity index (χ1) is 7.29. The summed E-state index contributed by atoms with van der Waals surface area (Å²) in [6.45, 7) is 3.28. The number of hydrogen-bond donors (Lipinski definition) is 1. The van der Waals surface area contributed by atoms with Crippen molar-refractivity contribution in [3.8, 4) is 0 Å². The quantitative estimate of drug-likeness (QED) is 0.858. The van der Waals surface area contributed by atoms with Gasteiger partial charge in [-0.2, -0.15) is 0 Å². The maximum absolute atomic E-state index is 3.65. The molecule has 0 aliphatic heterocycles. The SMILES string of the molecule is CCC(NCc1ccc(Br)cc1)C1CC1. The van der Waals surface area contributed by atoms with E-state index >= 15 is 0 Å². The molecule has 1 aromatic carbocycles. The van der Waals surface area contributed by atoms with E-state index < -0.39 is 0 Å². The first kappa shape index (κ1) is 11.2. The lowest BCUT2D eigenvalue weighted by Crippen LogP contribution is -2.29. The maximum Gasteiger partial charge on any atom is 0.0208 e. The largest absolute Gasteiger partial charge is 0.310 e. The van der Waals surface area contributed by atoms with Crippen LogP contribution in [0.5, 0.6) is 0 Å². The van der Waals surface area contributed by atoms with E-state index in [0.717, 1.165) is 23.0 Å². The molecule has 1 aromatic rings. The Morgan fingerprint density at radius 2 is 2.00 bits per heavy atom. The molecule has 1 N–H and O–H groups in total. The summed E-state index contributed by atoms with van der Waals surface area (Å²) in [5.74, 6) is 0.949. The molecule has 82 valence electrons. The van der Waals surface area contributed by atoms with Crippen LogP contribution < -0.4 is 5.32 Å². The van der Waals surface area contributed by atoms with Crippen molar-refractivity contribution in [1.29, 1.82) is 0 Å². The van der Waals surface area contributed by atoms with Crippen molar-refractivity contribution in [2.24, 2.45) is 5.92 Å². The summed E-state index contributed by atoms with van der Waals surface area (Å²) in [6.07, 6.45) is 4.10. The lowest BCUT2D eigenvalue weighted by molar-refractivity contribution is 0.449. The van der Waals surface area contributed by atoms with E-state index in [4.69, 9.17) is 0 Å². The van der Waals surface area contributed by atoms with Gasteiger partial charge in [0.2, 0.25) is 0 Å². The van der Waals surface area contributed by atoms with Crippen LogP contribution in [0.15, 0.2) is 28.7 Å². The molecule has 0 spiro atoms. The van der Waals surface area contributed by atoms with Gasteiger partial charge in [0.25, 0.3) is 0 Å². The van der Waals surface area contributed by atoms with Gasteiger partial charge < -0.3 is 5.32 Å². The van der Waals surface area contributed by atoms with Gasteiger partial charge in [0.05, 0.1) is 0 Å². The van der Waals surface area contributed by atoms with Crippen LogP contribution in [0, 0.1) is 5.92 Å². The minimum Gasteiger partial charge on any atom is -0.310 e. The van der Waals surface area contributed by atoms with E-state index in [9.17, 15) is 0 Å². The van der Waals surface area contributed by atoms with Gasteiger partial charge in [-0.1, -0.05) is 35.0 Å². The van der Waals surface area contributed by atoms with Gasteiger partial charge in [-0.25, -0.2) is 0 Å². The molecule has 1 fully saturated rings. The van der Waals surface area contributed by atoms with E-state index in [1.165, 1.54) is 24.8 Å². The van der Waals surface area contributed by atoms with Gasteiger partial charge in [-0.05, 0) is 42.9 Å². The van der Waals surface area contributed by atoms with Gasteiger partial charge in [0.15, 0.2) is 0 Å². The molecule has 0 bridgehead atoms. The van der Waals surface area contributed by atoms with E-state index in [-0.39, 0.29) is 0 Å². The molecule has 1 atom stereocenters. The normalized spacial score (nSPS) is 17.7. The number of nitrogens with one attached hydrogen (secondary N) is 1. The molecule has 0 saturated heterocycles. The molecule has 1 unspecified atom stereocenters. The first-order valence-corrected chi connectivity index (χ1v) is 6.56. The fourth-order valence-electron chi connectivity index (χ4n) is 1.99. The highest BCUT2D eigenvalue weighted by Gasteiger charge is 2.29. The minimum atomic E-state index is 0.730. The lowest BCUT2D eigenvalue weighted by Gasteiger charge is -2.16. The van der Waals surface area contributed by atoms with E-state index in [1.54, 1.807) is 0 Å². The summed E-state index contributed by atoms with van der Waals surface area (Å²) >= 11 is 3.45. The standard InChI is InChI=1S/C13H18BrN/c1-2-13(11-5-6-11)15-9-10-3-7-12(14)8-4-10/h3-4,7-8,11,13,15H,2,5-6,9H2,1H3. The topological polar surface area (TPSA) is 12.0 Å². The van der Waals surface area contributed by atoms with Crippen molar-refractivity contribution in [3.63, 3.8) is 0 Å². The van der Waals surface area contributed by atoms with Crippen LogP contribution in [0.25, 0.3) is 0 Å². The average molecular weight is 268 g/mol. The fourth-order valence-corrected chi connectivity index (χ4v) is 2.26. The third kappa shape index (κ3) is 3.32. The second-order valence-electron chi connectivity index (χ2n) is 4.36. The molecule has 0 radical (unpaired) electrons. The molecule has 1 aliphatic carbocycles. The number of halogens is 1. The Morgan fingerprint density at radius 1 is 1.33 bits per heavy atom. The maximum atomic E-state index is 3.65. The molecule has 15 heavy (non-hydrogen) atoms. The Balaban J connectivity index is 1.83. The zero-order chi connectivity index (χ0) is 10.7. The molecule has 1 saturated carbocycles. The smallest absolute Gasteiger partial charge is 0.0208 e. The van der Waals surface area contributed by atoms with E-state index in [1.807, 2.05) is 0 Å². The van der Waals surface area contributed by atoms with Gasteiger partial charge in [-0.15, -0.1) is 0 Å². The van der Waals surface area contributed by atoms with Crippen LogP contribution in [-0.4, -0.2) is 6.04 Å². The van der Waals surface area contributed by atoms with Crippen molar-refractivity contribution in [3.05, 3.63) is 34.3 Å². The summed E-state index contributed by atoms with van der Waals surface area (Å²) in [5, 5.41) is 3.65. The molecular weight excluding hydrogens is 250 g/mol. The summed E-state index contributed by atoms with van der Waals surface area (Å²) in [7, 11) is 0. The van der Waals surface area contributed by atoms with Crippen LogP contribution in [0.3, 0.4) is 0 Å². The van der Waals surface area contributed by atoms with Gasteiger partial charge >= 0.3 is 0 Å². The van der Waals surface area contributed by atoms with E-state index in [2.05, 4.69) is 52.4 Å². The first-order valence-electron chi connectivity index (χ1n) is 5.77. The Hall–Kier alpha value is -0.340. The van der Waals surface area contributed by atoms with E-state index in [0.29, 0.717) is 0 Å². The number of hydrogen-bond acceptors (Lipinski definition) is 1. The molecule has 0 amide bonds. The molecule has 2 rings (SSSR count). The molecule has 1 aliphatic rings. The van der Waals surface area contributed by atoms with Crippen molar-refractivity contribution in [2.45, 2.75) is 38.8 Å². The predicted octanol–water partition coefficient (Wildman–Crippen LogP) is 3.73. The third-order valence-electron chi connectivity index (χ3n) is 3.11. The zero-order valence-electron chi connectivity index (χ0n) is 9.17. The molecule has 1 nitrogen and oxygen atoms in total. The molecule has 0 heterocycles. The van der Waals surface area contributed by atoms with Crippen LogP contribution >= 0.6 is 15.9 Å². The lowest BCUT2D eigenvalue weighted by atomic mass is 10.1. The number of benzene rings is 1. The molecule has 2 heteroatoms. The van der Waals surface area contributed by atoms with Crippen molar-refractivity contribution in [1.82, 2.24) is 5.32 Å². The third-order valence-corrected chi connectivity index (χ3v) is 3.64. The number of rotatable bonds is 5. The van der Waals surface area contributed by atoms with Crippen LogP contribution in [0.1, 0.15) is 31.7 Å². The summed E-state index contributed by atoms with van der Waals surface area (Å²) < 4.78 is 1.15. The van der Waals surface area contributed by atoms with Crippen molar-refractivity contribution in [2.75, 3.05) is 0 Å². The summed E-state index contributed by atoms with van der Waals surface area (Å²) in [6, 6.07) is 9.30. The minimum absolute atomic E-state index is 0.730. The van der Waals surface area contributed by atoms with Crippen LogP contribution in [0.2, 0.25) is 0 Å². The Bertz CT molecular complexity index is 303. The molecule has 0 aromatic heterocycles. The van der Waals surface area contributed by atoms with Gasteiger partial charge in [-0.3, -0.25) is 0 Å². The molecular formula is C13H18BrN. The highest BCUT2D eigenvalue weighted by molar-refractivity contribution is 9.10. The highest BCUT2D eigenvalue weighted by Crippen LogP contribution is 2.33. The zero-order valence-corrected chi connectivity index (χ0v) is 10.8. The van der Waals surface area contributed by atoms with Gasteiger partial charge in [0, 0.05) is 17.1 Å². The second kappa shape index (κ2) is 5.13. The average Bonchev–Trinajstić information content (AvgIpc) is 3.06. The van der Waals surface area contributed by atoms with Crippen LogP contribution in [-0.2, 0) is 6.54 Å². The Morgan fingerprint density at radius 3 is 2.53 bits per heavy atom. The summed E-state index contributed by atoms with van der Waals surface area (Å²) in [5.41, 5.74) is 1.37. The highest BCUT2D eigenvalue weighted by atomic mass is 79.9. The second-order valence-corrected chi connectivity index (χ2v) is 5.28. The van der Waals surface area contributed by atoms with Crippen molar-refractivity contribution >= 4 is 15.9 Å². The predicted molar refractivity (Wildman–Crippen MR) is 67.8 cm³/mol. The monoisotopic (exact) mass is 267 g/mol. The van der Waals surface area contributed by atoms with Crippen molar-refractivity contribution < 1.29 is 0 Å². The Labute approximate surface area is 100 Å². The summed E-state index contributed by atoms with van der Waals surface area (Å²) in [4.78, 5) is 0. The fraction of sp³-hybridized carbons (Fsp3) is 0.538. The van der Waals surface area contributed by atoms with Gasteiger partial charge in [0.1, 0.15) is 0 Å². The van der Waals surface area contributed by atoms with Crippen LogP contribution in [0.4, 0.5) is 0 Å².